The first-order valence-corrected chi connectivity index (χ1v) is 10.4. The minimum atomic E-state index is -0.419. The molecule has 0 bridgehead atoms. The third-order valence-corrected chi connectivity index (χ3v) is 6.42. The third kappa shape index (κ3) is 4.43. The lowest BCUT2D eigenvalue weighted by molar-refractivity contribution is -0.0110. The van der Waals surface area contributed by atoms with Crippen LogP contribution in [0, 0.1) is 0 Å². The summed E-state index contributed by atoms with van der Waals surface area (Å²) >= 11 is 0. The quantitative estimate of drug-likeness (QED) is 0.812. The third-order valence-electron chi connectivity index (χ3n) is 6.42. The van der Waals surface area contributed by atoms with Crippen molar-refractivity contribution in [3.05, 3.63) is 71.8 Å². The van der Waals surface area contributed by atoms with E-state index < -0.39 is 5.54 Å². The maximum Gasteiger partial charge on any atom is 0.123 e. The molecule has 0 unspecified atom stereocenters. The van der Waals surface area contributed by atoms with Gasteiger partial charge in [0.05, 0.1) is 18.2 Å². The van der Waals surface area contributed by atoms with Gasteiger partial charge in [-0.2, -0.15) is 0 Å². The molecular formula is C24H32N2O. The summed E-state index contributed by atoms with van der Waals surface area (Å²) in [6.45, 7) is 1.27. The van der Waals surface area contributed by atoms with Gasteiger partial charge in [0.1, 0.15) is 1.41 Å². The van der Waals surface area contributed by atoms with Crippen molar-refractivity contribution in [2.75, 3.05) is 13.2 Å². The summed E-state index contributed by atoms with van der Waals surface area (Å²) in [5, 5.41) is 1.69. The average molecular weight is 366 g/mol. The molecule has 27 heavy (non-hydrogen) atoms. The molecule has 0 radical (unpaired) electrons. The molecule has 3 nitrogen and oxygen atoms in total. The Morgan fingerprint density at radius 3 is 2.26 bits per heavy atom. The zero-order valence-electron chi connectivity index (χ0n) is 17.1. The summed E-state index contributed by atoms with van der Waals surface area (Å²) in [7, 11) is 0. The number of hydrogen-bond donors (Lipinski definition) is 2. The fourth-order valence-electron chi connectivity index (χ4n) is 4.70. The molecule has 2 fully saturated rings. The minimum Gasteiger partial charge on any atom is -0.376 e. The van der Waals surface area contributed by atoms with Crippen LogP contribution in [-0.2, 0) is 11.2 Å². The molecule has 0 spiro atoms. The summed E-state index contributed by atoms with van der Waals surface area (Å²) in [5.74, 6) is 0.653. The van der Waals surface area contributed by atoms with Gasteiger partial charge < -0.3 is 15.8 Å². The van der Waals surface area contributed by atoms with Crippen LogP contribution >= 0.6 is 0 Å². The molecular weight excluding hydrogens is 332 g/mol. The van der Waals surface area contributed by atoms with Crippen LogP contribution in [-0.4, -0.2) is 30.8 Å². The number of ether oxygens (including phenoxy) is 1. The van der Waals surface area contributed by atoms with E-state index in [9.17, 15) is 0 Å². The molecule has 0 aromatic heterocycles. The van der Waals surface area contributed by atoms with Gasteiger partial charge in [-0.15, -0.1) is 0 Å². The largest absolute Gasteiger partial charge is 0.376 e. The molecule has 0 amide bonds. The molecule has 1 aliphatic heterocycles. The lowest BCUT2D eigenvalue weighted by Crippen LogP contribution is -2.57. The standard InChI is InChI=1S/C24H32N2O/c25-23-15-16-26-24(23,17-19-7-3-1-4-8-19)18-27-22-13-11-21(12-14-22)20-9-5-2-6-10-20/h1-10,21-23,26H,11-18,25H2/t21?,22?,23-,24-/m1/s1/i/hD. The maximum atomic E-state index is 8.55. The summed E-state index contributed by atoms with van der Waals surface area (Å²) in [4.78, 5) is 0. The van der Waals surface area contributed by atoms with Gasteiger partial charge in [0.15, 0.2) is 0 Å². The number of nitrogens with two attached hydrogens (primary N) is 1. The second-order valence-corrected chi connectivity index (χ2v) is 8.24. The highest BCUT2D eigenvalue weighted by Crippen LogP contribution is 2.35. The van der Waals surface area contributed by atoms with Gasteiger partial charge in [0.2, 0.25) is 0 Å². The number of benzene rings is 2. The van der Waals surface area contributed by atoms with Gasteiger partial charge in [-0.05, 0) is 62.1 Å². The van der Waals surface area contributed by atoms with Crippen LogP contribution in [0.2, 0.25) is 1.41 Å². The fraction of sp³-hybridized carbons (Fsp3) is 0.500. The molecule has 1 saturated carbocycles. The predicted molar refractivity (Wildman–Crippen MR) is 111 cm³/mol. The fourth-order valence-corrected chi connectivity index (χ4v) is 4.70. The second kappa shape index (κ2) is 8.55. The van der Waals surface area contributed by atoms with Crippen molar-refractivity contribution < 1.29 is 6.15 Å². The van der Waals surface area contributed by atoms with Crippen LogP contribution in [0.3, 0.4) is 0 Å². The monoisotopic (exact) mass is 365 g/mol. The molecule has 1 heterocycles. The smallest absolute Gasteiger partial charge is 0.123 e. The van der Waals surface area contributed by atoms with Crippen LogP contribution in [0.1, 0.15) is 49.1 Å². The number of hydrogen-bond acceptors (Lipinski definition) is 3. The molecule has 2 atom stereocenters. The summed E-state index contributed by atoms with van der Waals surface area (Å²) in [6, 6.07) is 21.2. The van der Waals surface area contributed by atoms with E-state index >= 15 is 0 Å². The Morgan fingerprint density at radius 1 is 0.963 bits per heavy atom. The molecule has 2 aromatic rings. The lowest BCUT2D eigenvalue weighted by atomic mass is 9.82. The van der Waals surface area contributed by atoms with E-state index in [4.69, 9.17) is 11.9 Å². The van der Waals surface area contributed by atoms with Gasteiger partial charge in [-0.3, -0.25) is 0 Å². The van der Waals surface area contributed by atoms with Crippen LogP contribution in [0.4, 0.5) is 0 Å². The number of nitrogens with one attached hydrogen (secondary N) is 1. The molecule has 2 aromatic carbocycles. The Kier molecular flexibility index (Phi) is 5.52. The van der Waals surface area contributed by atoms with Gasteiger partial charge in [0, 0.05) is 6.04 Å². The molecule has 144 valence electrons. The van der Waals surface area contributed by atoms with Gasteiger partial charge in [-0.25, -0.2) is 0 Å². The Hall–Kier alpha value is -1.68. The second-order valence-electron chi connectivity index (χ2n) is 8.24. The van der Waals surface area contributed by atoms with Crippen LogP contribution in [0.5, 0.6) is 0 Å². The maximum absolute atomic E-state index is 8.55. The topological polar surface area (TPSA) is 47.3 Å². The van der Waals surface area contributed by atoms with Crippen molar-refractivity contribution in [2.45, 2.75) is 62.1 Å². The van der Waals surface area contributed by atoms with E-state index in [-0.39, 0.29) is 12.1 Å². The van der Waals surface area contributed by atoms with Crippen molar-refractivity contribution in [1.82, 2.24) is 5.31 Å². The number of rotatable bonds is 6. The molecule has 2 aliphatic rings. The van der Waals surface area contributed by atoms with Gasteiger partial charge in [-0.1, -0.05) is 60.7 Å². The highest BCUT2D eigenvalue weighted by Gasteiger charge is 2.41. The minimum absolute atomic E-state index is 0.0223. The predicted octanol–water partition coefficient (Wildman–Crippen LogP) is 4.03. The molecule has 3 N–H and O–H groups in total. The molecule has 3 heteroatoms. The van der Waals surface area contributed by atoms with E-state index in [2.05, 4.69) is 54.6 Å². The zero-order valence-corrected chi connectivity index (χ0v) is 16.1. The van der Waals surface area contributed by atoms with Crippen molar-refractivity contribution in [3.8, 4) is 0 Å². The van der Waals surface area contributed by atoms with Crippen molar-refractivity contribution >= 4 is 0 Å². The normalized spacial score (nSPS) is 32.3. The van der Waals surface area contributed by atoms with Gasteiger partial charge in [0.25, 0.3) is 0 Å². The zero-order chi connectivity index (χ0) is 19.4. The average Bonchev–Trinajstić information content (AvgIpc) is 3.02. The highest BCUT2D eigenvalue weighted by atomic mass is 16.5. The van der Waals surface area contributed by atoms with E-state index in [0.29, 0.717) is 12.5 Å². The Morgan fingerprint density at radius 2 is 1.63 bits per heavy atom. The summed E-state index contributed by atoms with van der Waals surface area (Å²) in [6.07, 6.45) is 6.46. The van der Waals surface area contributed by atoms with Crippen molar-refractivity contribution in [3.63, 3.8) is 0 Å². The highest BCUT2D eigenvalue weighted by molar-refractivity contribution is 5.21. The first-order valence-electron chi connectivity index (χ1n) is 10.8. The van der Waals surface area contributed by atoms with Crippen LogP contribution < -0.4 is 11.0 Å². The van der Waals surface area contributed by atoms with Crippen molar-refractivity contribution in [2.24, 2.45) is 5.73 Å². The van der Waals surface area contributed by atoms with Crippen LogP contribution in [0.25, 0.3) is 0 Å². The van der Waals surface area contributed by atoms with E-state index in [1.54, 1.807) is 5.31 Å². The molecule has 4 rings (SSSR count). The lowest BCUT2D eigenvalue weighted by Gasteiger charge is -2.37. The van der Waals surface area contributed by atoms with E-state index in [1.165, 1.54) is 24.0 Å². The van der Waals surface area contributed by atoms with Crippen molar-refractivity contribution in [1.29, 1.82) is 0 Å². The van der Waals surface area contributed by atoms with Crippen LogP contribution in [0.15, 0.2) is 60.7 Å². The first-order chi connectivity index (χ1) is 13.7. The van der Waals surface area contributed by atoms with Gasteiger partial charge >= 0.3 is 0 Å². The summed E-state index contributed by atoms with van der Waals surface area (Å²) < 4.78 is 15.0. The SMILES string of the molecule is [2H]N1CC[C@@H](N)[C@]1(COC1CCC(c2ccccc2)CC1)Cc1ccccc1. The van der Waals surface area contributed by atoms with E-state index in [1.807, 2.05) is 6.07 Å². The Balaban J connectivity index is 1.37. The molecule has 1 saturated heterocycles. The molecule has 1 aliphatic carbocycles. The van der Waals surface area contributed by atoms with E-state index in [0.717, 1.165) is 32.2 Å². The Bertz CT molecular complexity index is 721. The summed E-state index contributed by atoms with van der Waals surface area (Å²) in [5.41, 5.74) is 8.79. The Labute approximate surface area is 164 Å². The first kappa shape index (κ1) is 17.4.